The molecule has 0 bridgehead atoms. The third-order valence-corrected chi connectivity index (χ3v) is 3.35. The quantitative estimate of drug-likeness (QED) is 0.898. The number of rotatable bonds is 4. The van der Waals surface area contributed by atoms with Gasteiger partial charge in [-0.3, -0.25) is 4.79 Å². The Bertz CT molecular complexity index is 633. The zero-order valence-corrected chi connectivity index (χ0v) is 11.5. The fourth-order valence-corrected chi connectivity index (χ4v) is 2.13. The molecule has 104 valence electrons. The van der Waals surface area contributed by atoms with Gasteiger partial charge in [0.2, 0.25) is 5.91 Å². The molecule has 0 radical (unpaired) electrons. The third-order valence-electron chi connectivity index (χ3n) is 3.35. The van der Waals surface area contributed by atoms with Crippen molar-refractivity contribution < 1.29 is 9.18 Å². The first kappa shape index (κ1) is 14.1. The lowest BCUT2D eigenvalue weighted by Crippen LogP contribution is -2.12. The van der Waals surface area contributed by atoms with Crippen LogP contribution in [0, 0.1) is 19.7 Å². The molecule has 2 aromatic carbocycles. The van der Waals surface area contributed by atoms with Crippen molar-refractivity contribution in [3.05, 3.63) is 64.5 Å². The summed E-state index contributed by atoms with van der Waals surface area (Å²) in [5.74, 6) is -0.971. The lowest BCUT2D eigenvalue weighted by atomic mass is 10.0. The van der Waals surface area contributed by atoms with Gasteiger partial charge < -0.3 is 11.1 Å². The summed E-state index contributed by atoms with van der Waals surface area (Å²) >= 11 is 0. The number of hydrogen-bond acceptors (Lipinski definition) is 2. The van der Waals surface area contributed by atoms with Crippen molar-refractivity contribution in [3.63, 3.8) is 0 Å². The minimum Gasteiger partial charge on any atom is -0.379 e. The molecule has 4 heteroatoms. The molecule has 0 heterocycles. The van der Waals surface area contributed by atoms with Gasteiger partial charge in [-0.1, -0.05) is 18.2 Å². The Morgan fingerprint density at radius 1 is 1.20 bits per heavy atom. The van der Waals surface area contributed by atoms with E-state index in [2.05, 4.69) is 5.32 Å². The van der Waals surface area contributed by atoms with E-state index in [4.69, 9.17) is 5.73 Å². The second kappa shape index (κ2) is 5.74. The van der Waals surface area contributed by atoms with Crippen LogP contribution in [0.2, 0.25) is 0 Å². The van der Waals surface area contributed by atoms with Crippen LogP contribution in [-0.2, 0) is 6.54 Å². The largest absolute Gasteiger partial charge is 0.379 e. The van der Waals surface area contributed by atoms with Gasteiger partial charge in [0.05, 0.1) is 5.69 Å². The first-order valence-corrected chi connectivity index (χ1v) is 6.37. The number of halogens is 1. The van der Waals surface area contributed by atoms with Crippen LogP contribution in [0.1, 0.15) is 27.0 Å². The summed E-state index contributed by atoms with van der Waals surface area (Å²) in [5, 5.41) is 3.02. The Morgan fingerprint density at radius 3 is 2.45 bits per heavy atom. The second-order valence-electron chi connectivity index (χ2n) is 4.78. The summed E-state index contributed by atoms with van der Waals surface area (Å²) in [4.78, 5) is 11.1. The Kier molecular flexibility index (Phi) is 4.03. The molecule has 0 aliphatic carbocycles. The zero-order chi connectivity index (χ0) is 14.7. The van der Waals surface area contributed by atoms with E-state index in [1.807, 2.05) is 32.0 Å². The second-order valence-corrected chi connectivity index (χ2v) is 4.78. The highest BCUT2D eigenvalue weighted by molar-refractivity contribution is 5.93. The molecule has 0 unspecified atom stereocenters. The van der Waals surface area contributed by atoms with Crippen molar-refractivity contribution in [3.8, 4) is 0 Å². The average Bonchev–Trinajstić information content (AvgIpc) is 2.39. The van der Waals surface area contributed by atoms with Crippen LogP contribution in [0.25, 0.3) is 0 Å². The number of primary amides is 1. The molecule has 0 saturated carbocycles. The normalized spacial score (nSPS) is 10.3. The van der Waals surface area contributed by atoms with Crippen LogP contribution in [0.3, 0.4) is 0 Å². The van der Waals surface area contributed by atoms with E-state index >= 15 is 0 Å². The number of nitrogens with one attached hydrogen (secondary N) is 1. The highest BCUT2D eigenvalue weighted by Gasteiger charge is 2.08. The molecule has 0 aliphatic heterocycles. The molecule has 2 aromatic rings. The molecule has 1 amide bonds. The van der Waals surface area contributed by atoms with E-state index in [1.54, 1.807) is 0 Å². The van der Waals surface area contributed by atoms with E-state index in [0.717, 1.165) is 16.7 Å². The SMILES string of the molecule is Cc1cccc(C)c1CNc1cc(C(N)=O)ccc1F. The molecule has 2 rings (SSSR count). The standard InChI is InChI=1S/C16H17FN2O/c1-10-4-3-5-11(2)13(10)9-19-15-8-12(16(18)20)6-7-14(15)17/h3-8,19H,9H2,1-2H3,(H2,18,20). The number of hydrogen-bond donors (Lipinski definition) is 2. The molecular formula is C16H17FN2O. The predicted molar refractivity (Wildman–Crippen MR) is 78.2 cm³/mol. The number of aryl methyl sites for hydroxylation is 2. The Hall–Kier alpha value is -2.36. The number of anilines is 1. The average molecular weight is 272 g/mol. The van der Waals surface area contributed by atoms with Gasteiger partial charge in [-0.2, -0.15) is 0 Å². The number of carbonyl (C=O) groups excluding carboxylic acids is 1. The molecule has 0 spiro atoms. The maximum absolute atomic E-state index is 13.7. The van der Waals surface area contributed by atoms with Crippen molar-refractivity contribution in [1.82, 2.24) is 0 Å². The number of benzene rings is 2. The molecular weight excluding hydrogens is 255 g/mol. The summed E-state index contributed by atoms with van der Waals surface area (Å²) in [5.41, 5.74) is 9.17. The minimum absolute atomic E-state index is 0.281. The van der Waals surface area contributed by atoms with Crippen molar-refractivity contribution >= 4 is 11.6 Å². The molecule has 3 N–H and O–H groups in total. The van der Waals surface area contributed by atoms with E-state index < -0.39 is 11.7 Å². The highest BCUT2D eigenvalue weighted by atomic mass is 19.1. The van der Waals surface area contributed by atoms with Crippen LogP contribution >= 0.6 is 0 Å². The summed E-state index contributed by atoms with van der Waals surface area (Å²) in [6, 6.07) is 10.1. The lowest BCUT2D eigenvalue weighted by molar-refractivity contribution is 0.100. The fraction of sp³-hybridized carbons (Fsp3) is 0.188. The van der Waals surface area contributed by atoms with E-state index in [1.165, 1.54) is 18.2 Å². The number of nitrogens with two attached hydrogens (primary N) is 1. The first-order chi connectivity index (χ1) is 9.49. The van der Waals surface area contributed by atoms with Crippen molar-refractivity contribution in [1.29, 1.82) is 0 Å². The summed E-state index contributed by atoms with van der Waals surface area (Å²) in [6.07, 6.45) is 0. The van der Waals surface area contributed by atoms with Gasteiger partial charge in [0.25, 0.3) is 0 Å². The number of amides is 1. The topological polar surface area (TPSA) is 55.1 Å². The molecule has 20 heavy (non-hydrogen) atoms. The van der Waals surface area contributed by atoms with Crippen molar-refractivity contribution in [2.24, 2.45) is 5.73 Å². The maximum Gasteiger partial charge on any atom is 0.248 e. The van der Waals surface area contributed by atoms with Crippen LogP contribution in [0.15, 0.2) is 36.4 Å². The van der Waals surface area contributed by atoms with Crippen LogP contribution < -0.4 is 11.1 Å². The molecule has 3 nitrogen and oxygen atoms in total. The van der Waals surface area contributed by atoms with Gasteiger partial charge in [-0.05, 0) is 48.7 Å². The van der Waals surface area contributed by atoms with Crippen molar-refractivity contribution in [2.45, 2.75) is 20.4 Å². The van der Waals surface area contributed by atoms with Crippen LogP contribution in [0.4, 0.5) is 10.1 Å². The van der Waals surface area contributed by atoms with Gasteiger partial charge in [0.15, 0.2) is 0 Å². The smallest absolute Gasteiger partial charge is 0.248 e. The zero-order valence-electron chi connectivity index (χ0n) is 11.5. The first-order valence-electron chi connectivity index (χ1n) is 6.37. The fourth-order valence-electron chi connectivity index (χ4n) is 2.13. The van der Waals surface area contributed by atoms with Gasteiger partial charge in [0, 0.05) is 12.1 Å². The Balaban J connectivity index is 2.23. The third kappa shape index (κ3) is 2.96. The van der Waals surface area contributed by atoms with Gasteiger partial charge in [-0.15, -0.1) is 0 Å². The summed E-state index contributed by atoms with van der Waals surface area (Å²) < 4.78 is 13.7. The van der Waals surface area contributed by atoms with Crippen molar-refractivity contribution in [2.75, 3.05) is 5.32 Å². The molecule has 0 fully saturated rings. The highest BCUT2D eigenvalue weighted by Crippen LogP contribution is 2.19. The Labute approximate surface area is 117 Å². The summed E-state index contributed by atoms with van der Waals surface area (Å²) in [7, 11) is 0. The Morgan fingerprint density at radius 2 is 1.85 bits per heavy atom. The molecule has 0 aliphatic rings. The number of carbonyl (C=O) groups is 1. The van der Waals surface area contributed by atoms with Gasteiger partial charge >= 0.3 is 0 Å². The molecule has 0 atom stereocenters. The maximum atomic E-state index is 13.7. The molecule has 0 saturated heterocycles. The molecule has 0 aromatic heterocycles. The lowest BCUT2D eigenvalue weighted by Gasteiger charge is -2.13. The van der Waals surface area contributed by atoms with E-state index in [-0.39, 0.29) is 11.3 Å². The van der Waals surface area contributed by atoms with Crippen LogP contribution in [0.5, 0.6) is 0 Å². The van der Waals surface area contributed by atoms with Gasteiger partial charge in [-0.25, -0.2) is 4.39 Å². The predicted octanol–water partition coefficient (Wildman–Crippen LogP) is 3.15. The van der Waals surface area contributed by atoms with Crippen LogP contribution in [-0.4, -0.2) is 5.91 Å². The van der Waals surface area contributed by atoms with E-state index in [9.17, 15) is 9.18 Å². The van der Waals surface area contributed by atoms with Gasteiger partial charge in [0.1, 0.15) is 5.82 Å². The van der Waals surface area contributed by atoms with E-state index in [0.29, 0.717) is 6.54 Å². The summed E-state index contributed by atoms with van der Waals surface area (Å²) in [6.45, 7) is 4.53. The monoisotopic (exact) mass is 272 g/mol. The minimum atomic E-state index is -0.569.